The third-order valence-corrected chi connectivity index (χ3v) is 3.01. The highest BCUT2D eigenvalue weighted by Crippen LogP contribution is 2.11. The van der Waals surface area contributed by atoms with Crippen LogP contribution in [0.4, 0.5) is 0 Å². The Morgan fingerprint density at radius 1 is 1.36 bits per heavy atom. The van der Waals surface area contributed by atoms with Gasteiger partial charge in [0.15, 0.2) is 0 Å². The minimum Gasteiger partial charge on any atom is -0.457 e. The highest BCUT2D eigenvalue weighted by atomic mass is 16.5. The average Bonchev–Trinajstić information content (AvgIpc) is 3.20. The van der Waals surface area contributed by atoms with Crippen LogP contribution >= 0.6 is 0 Å². The topological polar surface area (TPSA) is 87.7 Å². The Balaban J connectivity index is 1.68. The Bertz CT molecular complexity index is 739. The zero-order valence-electron chi connectivity index (χ0n) is 11.9. The van der Waals surface area contributed by atoms with Gasteiger partial charge in [0.1, 0.15) is 12.4 Å². The first kappa shape index (κ1) is 13.9. The van der Waals surface area contributed by atoms with Crippen LogP contribution in [-0.4, -0.2) is 42.1 Å². The number of carbonyl (C=O) groups is 1. The molecule has 1 aromatic carbocycles. The number of ether oxygens (including phenoxy) is 1. The summed E-state index contributed by atoms with van der Waals surface area (Å²) in [6.07, 6.45) is 4.68. The molecule has 8 nitrogen and oxygen atoms in total. The molecule has 22 heavy (non-hydrogen) atoms. The first-order valence-electron chi connectivity index (χ1n) is 6.74. The summed E-state index contributed by atoms with van der Waals surface area (Å²) in [5, 5.41) is 15.0. The fourth-order valence-electron chi connectivity index (χ4n) is 2.01. The van der Waals surface area contributed by atoms with Gasteiger partial charge in [0.05, 0.1) is 17.8 Å². The number of hydrogen-bond donors (Lipinski definition) is 0. The minimum absolute atomic E-state index is 0.288. The summed E-state index contributed by atoms with van der Waals surface area (Å²) in [7, 11) is 0. The summed E-state index contributed by atoms with van der Waals surface area (Å²) in [6, 6.07) is 8.76. The smallest absolute Gasteiger partial charge is 0.338 e. The Morgan fingerprint density at radius 3 is 3.00 bits per heavy atom. The van der Waals surface area contributed by atoms with Crippen LogP contribution in [0, 0.1) is 0 Å². The summed E-state index contributed by atoms with van der Waals surface area (Å²) in [5.74, 6) is -0.394. The van der Waals surface area contributed by atoms with Crippen molar-refractivity contribution in [3.8, 4) is 5.69 Å². The van der Waals surface area contributed by atoms with E-state index in [1.165, 1.54) is 11.0 Å². The van der Waals surface area contributed by atoms with Gasteiger partial charge < -0.3 is 4.74 Å². The molecule has 0 radical (unpaired) electrons. The number of nitrogens with zero attached hydrogens (tertiary/aromatic N) is 6. The lowest BCUT2D eigenvalue weighted by Crippen LogP contribution is -2.21. The van der Waals surface area contributed by atoms with E-state index in [-0.39, 0.29) is 6.10 Å². The molecule has 0 saturated carbocycles. The predicted octanol–water partition coefficient (Wildman–Crippen LogP) is 1.10. The molecule has 8 heteroatoms. The molecule has 3 aromatic rings. The molecule has 0 aliphatic carbocycles. The van der Waals surface area contributed by atoms with E-state index in [0.29, 0.717) is 17.8 Å². The quantitative estimate of drug-likeness (QED) is 0.656. The second kappa shape index (κ2) is 6.17. The highest BCUT2D eigenvalue weighted by molar-refractivity contribution is 5.90. The van der Waals surface area contributed by atoms with Gasteiger partial charge in [-0.25, -0.2) is 9.48 Å². The van der Waals surface area contributed by atoms with E-state index in [9.17, 15) is 4.79 Å². The normalized spacial score (nSPS) is 12.0. The molecule has 0 amide bonds. The Kier molecular flexibility index (Phi) is 3.90. The SMILES string of the molecule is C[C@H](Cn1cccn1)OC(=O)c1cccc(-n2cnnn2)c1. The van der Waals surface area contributed by atoms with Gasteiger partial charge in [-0.1, -0.05) is 6.07 Å². The largest absolute Gasteiger partial charge is 0.457 e. The number of rotatable bonds is 5. The number of benzene rings is 1. The Labute approximate surface area is 126 Å². The molecule has 2 heterocycles. The maximum atomic E-state index is 12.2. The molecule has 2 aromatic heterocycles. The van der Waals surface area contributed by atoms with Crippen molar-refractivity contribution in [1.29, 1.82) is 0 Å². The fourth-order valence-corrected chi connectivity index (χ4v) is 2.01. The summed E-state index contributed by atoms with van der Waals surface area (Å²) >= 11 is 0. The number of tetrazole rings is 1. The number of esters is 1. The zero-order valence-corrected chi connectivity index (χ0v) is 11.9. The van der Waals surface area contributed by atoms with E-state index < -0.39 is 5.97 Å². The number of carbonyl (C=O) groups excluding carboxylic acids is 1. The van der Waals surface area contributed by atoms with Crippen molar-refractivity contribution in [3.63, 3.8) is 0 Å². The molecule has 0 fully saturated rings. The van der Waals surface area contributed by atoms with Gasteiger partial charge in [0.2, 0.25) is 0 Å². The molecule has 1 atom stereocenters. The van der Waals surface area contributed by atoms with E-state index in [0.717, 1.165) is 0 Å². The molecule has 112 valence electrons. The first-order valence-corrected chi connectivity index (χ1v) is 6.74. The van der Waals surface area contributed by atoms with Crippen molar-refractivity contribution < 1.29 is 9.53 Å². The number of hydrogen-bond acceptors (Lipinski definition) is 6. The molecule has 0 unspecified atom stereocenters. The van der Waals surface area contributed by atoms with Crippen LogP contribution in [0.2, 0.25) is 0 Å². The van der Waals surface area contributed by atoms with Gasteiger partial charge in [-0.2, -0.15) is 5.10 Å². The van der Waals surface area contributed by atoms with Crippen LogP contribution in [0.25, 0.3) is 5.69 Å². The standard InChI is InChI=1S/C14H14N6O2/c1-11(9-19-7-3-6-16-19)22-14(21)12-4-2-5-13(8-12)20-10-15-17-18-20/h2-8,10-11H,9H2,1H3/t11-/m1/s1. The van der Waals surface area contributed by atoms with Gasteiger partial charge in [-0.05, 0) is 41.6 Å². The molecule has 0 bridgehead atoms. The van der Waals surface area contributed by atoms with E-state index >= 15 is 0 Å². The molecule has 0 N–H and O–H groups in total. The third-order valence-electron chi connectivity index (χ3n) is 3.01. The molecular weight excluding hydrogens is 284 g/mol. The van der Waals surface area contributed by atoms with Gasteiger partial charge in [0.25, 0.3) is 0 Å². The van der Waals surface area contributed by atoms with Crippen LogP contribution in [0.1, 0.15) is 17.3 Å². The van der Waals surface area contributed by atoms with Crippen molar-refractivity contribution in [2.45, 2.75) is 19.6 Å². The maximum Gasteiger partial charge on any atom is 0.338 e. The summed E-state index contributed by atoms with van der Waals surface area (Å²) in [6.45, 7) is 2.33. The zero-order chi connectivity index (χ0) is 15.4. The first-order chi connectivity index (χ1) is 10.7. The van der Waals surface area contributed by atoms with Gasteiger partial charge in [-0.3, -0.25) is 4.68 Å². The molecule has 0 aliphatic rings. The highest BCUT2D eigenvalue weighted by Gasteiger charge is 2.13. The van der Waals surface area contributed by atoms with Crippen LogP contribution in [0.3, 0.4) is 0 Å². The van der Waals surface area contributed by atoms with E-state index in [1.54, 1.807) is 35.1 Å². The third kappa shape index (κ3) is 3.17. The summed E-state index contributed by atoms with van der Waals surface area (Å²) in [4.78, 5) is 12.2. The van der Waals surface area contributed by atoms with Crippen LogP contribution in [-0.2, 0) is 11.3 Å². The fraction of sp³-hybridized carbons (Fsp3) is 0.214. The molecule has 0 aliphatic heterocycles. The Morgan fingerprint density at radius 2 is 2.27 bits per heavy atom. The van der Waals surface area contributed by atoms with Crippen molar-refractivity contribution in [3.05, 3.63) is 54.6 Å². The minimum atomic E-state index is -0.394. The lowest BCUT2D eigenvalue weighted by molar-refractivity contribution is 0.0299. The van der Waals surface area contributed by atoms with Crippen LogP contribution in [0.15, 0.2) is 49.1 Å². The molecular formula is C14H14N6O2. The second-order valence-corrected chi connectivity index (χ2v) is 4.75. The average molecular weight is 298 g/mol. The summed E-state index contributed by atoms with van der Waals surface area (Å²) in [5.41, 5.74) is 1.14. The monoisotopic (exact) mass is 298 g/mol. The molecule has 0 saturated heterocycles. The summed E-state index contributed by atoms with van der Waals surface area (Å²) < 4.78 is 8.62. The lowest BCUT2D eigenvalue weighted by Gasteiger charge is -2.13. The second-order valence-electron chi connectivity index (χ2n) is 4.75. The maximum absolute atomic E-state index is 12.2. The van der Waals surface area contributed by atoms with Crippen molar-refractivity contribution in [1.82, 2.24) is 30.0 Å². The van der Waals surface area contributed by atoms with Gasteiger partial charge in [0, 0.05) is 12.4 Å². The van der Waals surface area contributed by atoms with Gasteiger partial charge >= 0.3 is 5.97 Å². The van der Waals surface area contributed by atoms with E-state index in [1.807, 2.05) is 19.2 Å². The molecule has 0 spiro atoms. The number of aromatic nitrogens is 6. The van der Waals surface area contributed by atoms with Crippen molar-refractivity contribution in [2.75, 3.05) is 0 Å². The van der Waals surface area contributed by atoms with Crippen LogP contribution < -0.4 is 0 Å². The van der Waals surface area contributed by atoms with E-state index in [4.69, 9.17) is 4.74 Å². The van der Waals surface area contributed by atoms with Crippen molar-refractivity contribution in [2.24, 2.45) is 0 Å². The van der Waals surface area contributed by atoms with E-state index in [2.05, 4.69) is 20.6 Å². The predicted molar refractivity (Wildman–Crippen MR) is 76.3 cm³/mol. The Hall–Kier alpha value is -3.03. The van der Waals surface area contributed by atoms with Crippen LogP contribution in [0.5, 0.6) is 0 Å². The van der Waals surface area contributed by atoms with Crippen molar-refractivity contribution >= 4 is 5.97 Å². The molecule has 3 rings (SSSR count). The lowest BCUT2D eigenvalue weighted by atomic mass is 10.2. The van der Waals surface area contributed by atoms with Gasteiger partial charge in [-0.15, -0.1) is 5.10 Å².